The molecule has 0 N–H and O–H groups in total. The van der Waals surface area contributed by atoms with E-state index in [1.165, 1.54) is 6.07 Å². The number of hydrogen-bond acceptors (Lipinski definition) is 5. The molecule has 0 unspecified atom stereocenters. The number of carbonyl (C=O) groups excluding carboxylic acids is 1. The standard InChI is InChI=1S/C28H23F3N4O/c1-16-22-7-6-21-24(19-4-3-5-20(13-19)28(29,30)31)34-26(18-8-10-33-11-9-18)35-25(21)27(22,2)14-17(15-32)12-23(16)36/h3-5,8-11,13-14,16,22H,6-7,12H2,1-2H3/t16-,22-,27-/m1/s1. The van der Waals surface area contributed by atoms with E-state index >= 15 is 0 Å². The number of alkyl halides is 3. The maximum atomic E-state index is 13.5. The first kappa shape index (κ1) is 23.9. The number of nitrogens with zero attached hydrogens (tertiary/aromatic N) is 4. The van der Waals surface area contributed by atoms with Crippen LogP contribution >= 0.6 is 0 Å². The van der Waals surface area contributed by atoms with Gasteiger partial charge in [-0.15, -0.1) is 0 Å². The largest absolute Gasteiger partial charge is 0.416 e. The average molecular weight is 489 g/mol. The van der Waals surface area contributed by atoms with Crippen LogP contribution in [-0.4, -0.2) is 20.7 Å². The number of benzene rings is 1. The fraction of sp³-hybridized carbons (Fsp3) is 0.321. The highest BCUT2D eigenvalue weighted by Crippen LogP contribution is 2.50. The summed E-state index contributed by atoms with van der Waals surface area (Å²) < 4.78 is 40.6. The highest BCUT2D eigenvalue weighted by atomic mass is 19.4. The molecule has 1 aromatic carbocycles. The molecular formula is C28H23F3N4O. The van der Waals surface area contributed by atoms with Gasteiger partial charge in [0.2, 0.25) is 0 Å². The van der Waals surface area contributed by atoms with Crippen LogP contribution in [0.25, 0.3) is 22.6 Å². The third-order valence-corrected chi connectivity index (χ3v) is 7.49. The van der Waals surface area contributed by atoms with Crippen molar-refractivity contribution in [1.29, 1.82) is 5.26 Å². The second-order valence-corrected chi connectivity index (χ2v) is 9.68. The van der Waals surface area contributed by atoms with E-state index < -0.39 is 17.2 Å². The maximum Gasteiger partial charge on any atom is 0.416 e. The molecule has 2 aromatic heterocycles. The molecule has 0 saturated heterocycles. The van der Waals surface area contributed by atoms with Gasteiger partial charge in [0.1, 0.15) is 5.78 Å². The first-order valence-electron chi connectivity index (χ1n) is 11.8. The highest BCUT2D eigenvalue weighted by molar-refractivity contribution is 5.85. The van der Waals surface area contributed by atoms with Crippen molar-refractivity contribution in [1.82, 2.24) is 15.0 Å². The second kappa shape index (κ2) is 8.66. The smallest absolute Gasteiger partial charge is 0.299 e. The lowest BCUT2D eigenvalue weighted by atomic mass is 9.62. The third kappa shape index (κ3) is 3.98. The number of hydrogen-bond donors (Lipinski definition) is 0. The molecule has 0 spiro atoms. The zero-order valence-corrected chi connectivity index (χ0v) is 19.8. The predicted molar refractivity (Wildman–Crippen MR) is 127 cm³/mol. The quantitative estimate of drug-likeness (QED) is 0.435. The average Bonchev–Trinajstić information content (AvgIpc) is 2.97. The second-order valence-electron chi connectivity index (χ2n) is 9.68. The van der Waals surface area contributed by atoms with Crippen molar-refractivity contribution in [2.45, 2.75) is 44.7 Å². The summed E-state index contributed by atoms with van der Waals surface area (Å²) in [5.74, 6) is -0.0124. The minimum Gasteiger partial charge on any atom is -0.299 e. The summed E-state index contributed by atoms with van der Waals surface area (Å²) in [6, 6.07) is 10.8. The topological polar surface area (TPSA) is 79.5 Å². The summed E-state index contributed by atoms with van der Waals surface area (Å²) in [6.45, 7) is 3.87. The summed E-state index contributed by atoms with van der Waals surface area (Å²) in [5.41, 5.74) is 1.74. The van der Waals surface area contributed by atoms with Gasteiger partial charge in [-0.2, -0.15) is 18.4 Å². The minimum absolute atomic E-state index is 0.0153. The van der Waals surface area contributed by atoms with E-state index in [2.05, 4.69) is 11.1 Å². The Morgan fingerprint density at radius 3 is 2.56 bits per heavy atom. The van der Waals surface area contributed by atoms with Crippen molar-refractivity contribution in [2.75, 3.05) is 0 Å². The first-order valence-corrected chi connectivity index (χ1v) is 11.8. The van der Waals surface area contributed by atoms with Gasteiger partial charge in [0, 0.05) is 52.4 Å². The van der Waals surface area contributed by atoms with Crippen molar-refractivity contribution >= 4 is 5.78 Å². The molecule has 2 aliphatic rings. The molecular weight excluding hydrogens is 465 g/mol. The predicted octanol–water partition coefficient (Wildman–Crippen LogP) is 6.10. The number of nitriles is 1. The number of ketones is 1. The number of Topliss-reactive ketones (excluding diaryl/α,β-unsaturated/α-hetero) is 1. The van der Waals surface area contributed by atoms with Crippen LogP contribution in [0.5, 0.6) is 0 Å². The summed E-state index contributed by atoms with van der Waals surface area (Å²) in [5, 5.41) is 9.73. The van der Waals surface area contributed by atoms with Crippen LogP contribution in [0.3, 0.4) is 0 Å². The zero-order chi connectivity index (χ0) is 25.7. The van der Waals surface area contributed by atoms with Crippen LogP contribution in [0.1, 0.15) is 43.5 Å². The molecule has 0 radical (unpaired) electrons. The molecule has 0 amide bonds. The Balaban J connectivity index is 1.81. The van der Waals surface area contributed by atoms with E-state index in [0.29, 0.717) is 46.8 Å². The van der Waals surface area contributed by atoms with Crippen LogP contribution in [0.15, 0.2) is 60.4 Å². The lowest BCUT2D eigenvalue weighted by Crippen LogP contribution is -2.41. The van der Waals surface area contributed by atoms with Gasteiger partial charge in [-0.3, -0.25) is 9.78 Å². The van der Waals surface area contributed by atoms with Crippen molar-refractivity contribution in [3.05, 3.63) is 77.3 Å². The molecule has 182 valence electrons. The number of carbonyl (C=O) groups is 1. The van der Waals surface area contributed by atoms with E-state index in [1.54, 1.807) is 30.6 Å². The number of fused-ring (bicyclic) bond motifs is 3. The van der Waals surface area contributed by atoms with Crippen molar-refractivity contribution in [3.63, 3.8) is 0 Å². The van der Waals surface area contributed by atoms with E-state index in [1.807, 2.05) is 19.9 Å². The fourth-order valence-corrected chi connectivity index (χ4v) is 5.66. The van der Waals surface area contributed by atoms with E-state index in [9.17, 15) is 23.2 Å². The molecule has 0 fully saturated rings. The number of halogens is 3. The SMILES string of the molecule is C[C@H]1C(=O)CC(C#N)=C[C@@]2(C)c3nc(-c4ccncc4)nc(-c4cccc(C(F)(F)F)c4)c3CC[C@H]12. The van der Waals surface area contributed by atoms with Crippen molar-refractivity contribution < 1.29 is 18.0 Å². The molecule has 3 aromatic rings. The van der Waals surface area contributed by atoms with Crippen LogP contribution in [0, 0.1) is 23.2 Å². The third-order valence-electron chi connectivity index (χ3n) is 7.49. The Kier molecular flexibility index (Phi) is 5.74. The molecule has 0 bridgehead atoms. The molecule has 8 heteroatoms. The minimum atomic E-state index is -4.49. The number of aromatic nitrogens is 3. The molecule has 2 heterocycles. The van der Waals surface area contributed by atoms with Crippen LogP contribution in [0.2, 0.25) is 0 Å². The monoisotopic (exact) mass is 488 g/mol. The Morgan fingerprint density at radius 1 is 1.11 bits per heavy atom. The molecule has 2 aliphatic carbocycles. The molecule has 5 nitrogen and oxygen atoms in total. The van der Waals surface area contributed by atoms with Gasteiger partial charge < -0.3 is 0 Å². The van der Waals surface area contributed by atoms with Gasteiger partial charge in [0.05, 0.1) is 23.0 Å². The van der Waals surface area contributed by atoms with Crippen LogP contribution in [-0.2, 0) is 22.8 Å². The number of rotatable bonds is 2. The van der Waals surface area contributed by atoms with Gasteiger partial charge in [0.15, 0.2) is 5.82 Å². The summed E-state index contributed by atoms with van der Waals surface area (Å²) in [4.78, 5) is 26.6. The first-order chi connectivity index (χ1) is 17.1. The maximum absolute atomic E-state index is 13.5. The van der Waals surface area contributed by atoms with Crippen molar-refractivity contribution in [3.8, 4) is 28.7 Å². The van der Waals surface area contributed by atoms with Gasteiger partial charge in [-0.05, 0) is 43.0 Å². The Hall–Kier alpha value is -3.86. The highest BCUT2D eigenvalue weighted by Gasteiger charge is 2.47. The van der Waals surface area contributed by atoms with Gasteiger partial charge in [0.25, 0.3) is 0 Å². The van der Waals surface area contributed by atoms with E-state index in [0.717, 1.165) is 17.7 Å². The van der Waals surface area contributed by atoms with Gasteiger partial charge in [-0.25, -0.2) is 9.97 Å². The molecule has 0 saturated carbocycles. The lowest BCUT2D eigenvalue weighted by molar-refractivity contribution is -0.137. The van der Waals surface area contributed by atoms with Crippen LogP contribution < -0.4 is 0 Å². The summed E-state index contributed by atoms with van der Waals surface area (Å²) >= 11 is 0. The lowest BCUT2D eigenvalue weighted by Gasteiger charge is -2.42. The van der Waals surface area contributed by atoms with E-state index in [4.69, 9.17) is 9.97 Å². The van der Waals surface area contributed by atoms with Crippen molar-refractivity contribution in [2.24, 2.45) is 11.8 Å². The molecule has 3 atom stereocenters. The van der Waals surface area contributed by atoms with Gasteiger partial charge in [-0.1, -0.05) is 32.1 Å². The Labute approximate surface area is 206 Å². The number of allylic oxidation sites excluding steroid dienone is 2. The summed E-state index contributed by atoms with van der Waals surface area (Å²) in [7, 11) is 0. The summed E-state index contributed by atoms with van der Waals surface area (Å²) in [6.07, 6.45) is 1.79. The Bertz CT molecular complexity index is 1420. The number of pyridine rings is 1. The van der Waals surface area contributed by atoms with E-state index in [-0.39, 0.29) is 24.0 Å². The van der Waals surface area contributed by atoms with Crippen LogP contribution in [0.4, 0.5) is 13.2 Å². The molecule has 36 heavy (non-hydrogen) atoms. The Morgan fingerprint density at radius 2 is 1.86 bits per heavy atom. The zero-order valence-electron chi connectivity index (χ0n) is 19.8. The molecule has 0 aliphatic heterocycles. The van der Waals surface area contributed by atoms with Gasteiger partial charge >= 0.3 is 6.18 Å². The fourth-order valence-electron chi connectivity index (χ4n) is 5.66. The molecule has 5 rings (SSSR count). The normalized spacial score (nSPS) is 23.7.